The molecular weight excluding hydrogens is 971 g/mol. The predicted octanol–water partition coefficient (Wildman–Crippen LogP) is 1.34. The zero-order valence-electron chi connectivity index (χ0n) is 42.4. The number of fused-ring (bicyclic) bond motifs is 3. The number of esters is 3. The van der Waals surface area contributed by atoms with Crippen LogP contribution < -0.4 is 26.6 Å². The zero-order chi connectivity index (χ0) is 54.5. The third kappa shape index (κ3) is 17.4. The van der Waals surface area contributed by atoms with Crippen LogP contribution in [-0.4, -0.2) is 177 Å². The Labute approximate surface area is 429 Å². The van der Waals surface area contributed by atoms with E-state index < -0.39 is 83.4 Å². The number of benzene rings is 1. The SMILES string of the molecule is C#[N+][C@@](CCC(=O)O)(NC(=O)N[C@@](C)(CCCCNC(=O)CCCCCCC(=O)NC(CCCCNC(=O)CN1CCN2CC(=O)O[C@]2(C)[C@]2(C)OC(=O)CN2CC1)C(=O)OCc1ccccc1)C(=O)O)C(=O)O. The molecule has 1 aromatic rings. The Hall–Kier alpha value is -6.91. The maximum Gasteiger partial charge on any atom is 0.453 e. The van der Waals surface area contributed by atoms with Crippen LogP contribution in [0, 0.1) is 6.57 Å². The van der Waals surface area contributed by atoms with Crippen LogP contribution in [0.4, 0.5) is 4.79 Å². The number of ether oxygens (including phenoxy) is 3. The van der Waals surface area contributed by atoms with Gasteiger partial charge in [0, 0.05) is 52.1 Å². The summed E-state index contributed by atoms with van der Waals surface area (Å²) >= 11 is 0. The number of carboxylic acids is 3. The first-order chi connectivity index (χ1) is 35.0. The van der Waals surface area contributed by atoms with E-state index in [1.165, 1.54) is 6.92 Å². The molecule has 0 aliphatic carbocycles. The third-order valence-corrected chi connectivity index (χ3v) is 13.6. The second-order valence-electron chi connectivity index (χ2n) is 19.2. The third-order valence-electron chi connectivity index (χ3n) is 13.6. The first-order valence-corrected chi connectivity index (χ1v) is 24.9. The summed E-state index contributed by atoms with van der Waals surface area (Å²) in [7, 11) is 0. The minimum atomic E-state index is -2.50. The van der Waals surface area contributed by atoms with Crippen LogP contribution >= 0.6 is 0 Å². The number of carboxylic acid groups (broad SMARTS) is 3. The maximum absolute atomic E-state index is 13.3. The van der Waals surface area contributed by atoms with Crippen molar-refractivity contribution in [2.75, 3.05) is 58.9 Å². The molecule has 5 atom stereocenters. The quantitative estimate of drug-likeness (QED) is 0.0306. The molecule has 0 bridgehead atoms. The number of aliphatic carboxylic acids is 3. The van der Waals surface area contributed by atoms with Crippen molar-refractivity contribution in [3.05, 3.63) is 40.7 Å². The largest absolute Gasteiger partial charge is 0.481 e. The van der Waals surface area contributed by atoms with Crippen LogP contribution in [0.15, 0.2) is 30.3 Å². The Morgan fingerprint density at radius 2 is 1.28 bits per heavy atom. The maximum atomic E-state index is 13.3. The minimum Gasteiger partial charge on any atom is -0.481 e. The van der Waals surface area contributed by atoms with E-state index in [1.54, 1.807) is 13.8 Å². The summed E-state index contributed by atoms with van der Waals surface area (Å²) < 4.78 is 17.1. The molecule has 0 radical (unpaired) electrons. The van der Waals surface area contributed by atoms with E-state index in [0.717, 1.165) is 5.56 Å². The summed E-state index contributed by atoms with van der Waals surface area (Å²) in [6.45, 7) is 12.3. The molecule has 3 heterocycles. The van der Waals surface area contributed by atoms with Crippen molar-refractivity contribution in [1.82, 2.24) is 41.3 Å². The van der Waals surface area contributed by atoms with Gasteiger partial charge in [-0.05, 0) is 82.5 Å². The number of hydrogen-bond donors (Lipinski definition) is 8. The van der Waals surface area contributed by atoms with E-state index in [0.29, 0.717) is 77.7 Å². The molecule has 0 saturated carbocycles. The molecule has 3 aliphatic heterocycles. The van der Waals surface area contributed by atoms with Crippen molar-refractivity contribution in [2.45, 2.75) is 146 Å². The molecule has 5 amide bonds. The van der Waals surface area contributed by atoms with Gasteiger partial charge in [-0.1, -0.05) is 43.2 Å². The minimum absolute atomic E-state index is 0.0277. The summed E-state index contributed by atoms with van der Waals surface area (Å²) in [5.41, 5.74) is -5.96. The average Bonchev–Trinajstić information content (AvgIpc) is 3.83. The van der Waals surface area contributed by atoms with Crippen molar-refractivity contribution in [3.63, 3.8) is 0 Å². The Bertz CT molecular complexity index is 2190. The molecule has 4 rings (SSSR count). The zero-order valence-corrected chi connectivity index (χ0v) is 42.4. The van der Waals surface area contributed by atoms with Gasteiger partial charge in [0.2, 0.25) is 29.2 Å². The van der Waals surface area contributed by atoms with E-state index in [1.807, 2.05) is 50.3 Å². The molecular formula is C49H72N9O16+. The molecule has 25 heteroatoms. The standard InChI is InChI=1S/C49H71N9O16/c1-46(43(67)68,54-45(71)55-49(50-4,44(69)70)23-21-39(62)63)22-13-15-25-51-36(59)19-10-5-6-11-20-37(60)53-35(42(66)72-33-34-16-8-7-9-17-34)18-12-14-24-52-38(61)30-56-26-28-57-31-40(64)73-47(57,2)48(3)58(29-27-56)32-41(65)74-48/h4,7-9,16-17,35H,5-6,10-15,18-33H2,1-3H3,(H7-,51,52,53,54,55,59,60,61,62,63,67,68,69,70,71)/p+1/t35?,46-,47-,48+,49-/m0/s1. The fourth-order valence-electron chi connectivity index (χ4n) is 8.91. The highest BCUT2D eigenvalue weighted by Gasteiger charge is 2.64. The number of carbonyl (C=O) groups is 10. The summed E-state index contributed by atoms with van der Waals surface area (Å²) in [4.78, 5) is 133. The number of hydrogen-bond acceptors (Lipinski definition) is 16. The molecule has 74 heavy (non-hydrogen) atoms. The van der Waals surface area contributed by atoms with Gasteiger partial charge >= 0.3 is 47.5 Å². The number of rotatable bonds is 30. The van der Waals surface area contributed by atoms with Crippen LogP contribution in [0.1, 0.15) is 116 Å². The Kier molecular flexibility index (Phi) is 22.5. The lowest BCUT2D eigenvalue weighted by molar-refractivity contribution is -0.242. The number of carbonyl (C=O) groups excluding carboxylic acids is 7. The lowest BCUT2D eigenvalue weighted by Crippen LogP contribution is -2.65. The summed E-state index contributed by atoms with van der Waals surface area (Å²) in [5, 5.41) is 41.0. The summed E-state index contributed by atoms with van der Waals surface area (Å²) in [5.74, 6) is -6.71. The molecule has 3 aliphatic rings. The van der Waals surface area contributed by atoms with Gasteiger partial charge in [-0.25, -0.2) is 29.0 Å². The van der Waals surface area contributed by atoms with Crippen molar-refractivity contribution in [1.29, 1.82) is 0 Å². The van der Waals surface area contributed by atoms with Gasteiger partial charge in [-0.3, -0.25) is 39.0 Å². The number of nitrogens with one attached hydrogen (secondary N) is 5. The fraction of sp³-hybridized carbons (Fsp3) is 0.653. The van der Waals surface area contributed by atoms with E-state index in [4.69, 9.17) is 25.9 Å². The van der Waals surface area contributed by atoms with Crippen LogP contribution in [0.2, 0.25) is 0 Å². The number of urea groups is 1. The second kappa shape index (κ2) is 28.0. The molecule has 8 N–H and O–H groups in total. The number of unbranched alkanes of at least 4 members (excludes halogenated alkanes) is 5. The first-order valence-electron chi connectivity index (χ1n) is 24.9. The molecule has 0 aromatic heterocycles. The summed E-state index contributed by atoms with van der Waals surface area (Å²) in [6.07, 6.45) is 3.05. The van der Waals surface area contributed by atoms with Crippen LogP contribution in [-0.2, 0) is 64.0 Å². The molecule has 25 nitrogen and oxygen atoms in total. The van der Waals surface area contributed by atoms with Gasteiger partial charge in [0.05, 0.1) is 19.4 Å². The van der Waals surface area contributed by atoms with Gasteiger partial charge in [-0.2, -0.15) is 0 Å². The van der Waals surface area contributed by atoms with Gasteiger partial charge < -0.3 is 50.8 Å². The number of nitrogens with zero attached hydrogens (tertiary/aromatic N) is 4. The Balaban J connectivity index is 1.13. The highest BCUT2D eigenvalue weighted by atomic mass is 16.6. The van der Waals surface area contributed by atoms with E-state index >= 15 is 0 Å². The van der Waals surface area contributed by atoms with Gasteiger partial charge in [0.15, 0.2) is 0 Å². The lowest BCUT2D eigenvalue weighted by atomic mass is 9.95. The fourth-order valence-corrected chi connectivity index (χ4v) is 8.91. The van der Waals surface area contributed by atoms with Gasteiger partial charge in [-0.15, -0.1) is 0 Å². The van der Waals surface area contributed by atoms with Crippen LogP contribution in [0.25, 0.3) is 4.85 Å². The van der Waals surface area contributed by atoms with Gasteiger partial charge in [0.25, 0.3) is 6.57 Å². The topological polar surface area (TPSA) is 333 Å². The highest BCUT2D eigenvalue weighted by Crippen LogP contribution is 2.42. The average molecular weight is 1040 g/mol. The van der Waals surface area contributed by atoms with Crippen molar-refractivity contribution in [2.24, 2.45) is 0 Å². The van der Waals surface area contributed by atoms with Crippen molar-refractivity contribution < 1.29 is 77.5 Å². The number of amides is 5. The lowest BCUT2D eigenvalue weighted by Gasteiger charge is -2.46. The first kappa shape index (κ1) is 59.7. The normalized spacial score (nSPS) is 20.9. The molecule has 1 unspecified atom stereocenters. The monoisotopic (exact) mass is 1040 g/mol. The Morgan fingerprint density at radius 1 is 0.716 bits per heavy atom. The molecule has 1 aromatic carbocycles. The van der Waals surface area contributed by atoms with Gasteiger partial charge in [0.1, 0.15) is 31.3 Å². The smallest absolute Gasteiger partial charge is 0.453 e. The van der Waals surface area contributed by atoms with Crippen LogP contribution in [0.5, 0.6) is 0 Å². The highest BCUT2D eigenvalue weighted by molar-refractivity contribution is 5.91. The van der Waals surface area contributed by atoms with Crippen LogP contribution in [0.3, 0.4) is 0 Å². The predicted molar refractivity (Wildman–Crippen MR) is 261 cm³/mol. The molecule has 3 fully saturated rings. The van der Waals surface area contributed by atoms with E-state index in [-0.39, 0.29) is 82.6 Å². The second-order valence-corrected chi connectivity index (χ2v) is 19.2. The van der Waals surface area contributed by atoms with Crippen molar-refractivity contribution in [3.8, 4) is 6.57 Å². The molecule has 3 saturated heterocycles. The van der Waals surface area contributed by atoms with E-state index in [9.17, 15) is 58.2 Å². The Morgan fingerprint density at radius 3 is 1.84 bits per heavy atom. The summed E-state index contributed by atoms with van der Waals surface area (Å²) in [6, 6.07) is 6.97. The van der Waals surface area contributed by atoms with E-state index in [2.05, 4.69) is 26.1 Å². The molecule has 0 spiro atoms. The van der Waals surface area contributed by atoms with Crippen molar-refractivity contribution >= 4 is 59.6 Å². The molecule has 408 valence electrons.